The summed E-state index contributed by atoms with van der Waals surface area (Å²) < 4.78 is 7.15. The van der Waals surface area contributed by atoms with Crippen molar-refractivity contribution in [3.05, 3.63) is 126 Å². The van der Waals surface area contributed by atoms with Crippen molar-refractivity contribution in [2.24, 2.45) is 7.05 Å². The van der Waals surface area contributed by atoms with Crippen LogP contribution in [-0.2, 0) is 23.0 Å². The number of nitrogens with zero attached hydrogens (tertiary/aromatic N) is 3. The normalized spacial score (nSPS) is 12.6. The zero-order chi connectivity index (χ0) is 30.6. The van der Waals surface area contributed by atoms with Crippen LogP contribution in [0, 0.1) is 0 Å². The second kappa shape index (κ2) is 12.2. The van der Waals surface area contributed by atoms with Crippen LogP contribution in [0.25, 0.3) is 22.3 Å². The molecule has 1 aliphatic rings. The van der Waals surface area contributed by atoms with Crippen LogP contribution in [-0.4, -0.2) is 50.5 Å². The molecule has 0 aliphatic heterocycles. The Morgan fingerprint density at radius 1 is 0.886 bits per heavy atom. The molecule has 5 aromatic rings. The number of aryl methyl sites for hydroxylation is 1. The van der Waals surface area contributed by atoms with Crippen molar-refractivity contribution in [2.75, 3.05) is 11.9 Å². The van der Waals surface area contributed by atoms with Gasteiger partial charge in [-0.05, 0) is 45.5 Å². The van der Waals surface area contributed by atoms with Gasteiger partial charge in [0.05, 0.1) is 0 Å². The summed E-state index contributed by atoms with van der Waals surface area (Å²) in [4.78, 5) is 41.4. The van der Waals surface area contributed by atoms with E-state index in [1.165, 1.54) is 0 Å². The number of amides is 2. The molecule has 0 saturated heterocycles. The SMILES string of the molecule is Cn1cc(-c2ccc(C[C@H](NC(=O)OCC3c4ccccc4-c4ccccc43)C(=O)O)cc2)c(NC(=O)c2ccncc2)n1. The number of hydrogen-bond donors (Lipinski definition) is 3. The van der Waals surface area contributed by atoms with Gasteiger partial charge in [-0.2, -0.15) is 5.10 Å². The van der Waals surface area contributed by atoms with Crippen LogP contribution in [0.4, 0.5) is 10.6 Å². The van der Waals surface area contributed by atoms with Gasteiger partial charge in [-0.25, -0.2) is 9.59 Å². The molecule has 3 aromatic carbocycles. The molecule has 220 valence electrons. The van der Waals surface area contributed by atoms with E-state index >= 15 is 0 Å². The minimum absolute atomic E-state index is 0.0541. The summed E-state index contributed by atoms with van der Waals surface area (Å²) in [5.41, 5.74) is 7.00. The molecule has 1 aliphatic carbocycles. The first kappa shape index (κ1) is 28.4. The summed E-state index contributed by atoms with van der Waals surface area (Å²) in [7, 11) is 1.76. The Hall–Kier alpha value is -5.77. The highest BCUT2D eigenvalue weighted by Crippen LogP contribution is 2.44. The van der Waals surface area contributed by atoms with Gasteiger partial charge in [0, 0.05) is 49.1 Å². The van der Waals surface area contributed by atoms with E-state index in [1.54, 1.807) is 54.6 Å². The number of alkyl carbamates (subject to hydrolysis) is 1. The van der Waals surface area contributed by atoms with Crippen molar-refractivity contribution in [1.29, 1.82) is 0 Å². The van der Waals surface area contributed by atoms with E-state index in [-0.39, 0.29) is 24.9 Å². The van der Waals surface area contributed by atoms with Gasteiger partial charge in [-0.15, -0.1) is 0 Å². The Labute approximate surface area is 253 Å². The van der Waals surface area contributed by atoms with Gasteiger partial charge in [0.15, 0.2) is 5.82 Å². The minimum atomic E-state index is -1.19. The molecule has 0 fully saturated rings. The number of benzene rings is 3. The average Bonchev–Trinajstić information content (AvgIpc) is 3.57. The van der Waals surface area contributed by atoms with E-state index in [9.17, 15) is 19.5 Å². The molecule has 2 heterocycles. The number of carboxylic acids is 1. The van der Waals surface area contributed by atoms with Gasteiger partial charge < -0.3 is 20.5 Å². The molecule has 2 amide bonds. The Balaban J connectivity index is 1.10. The van der Waals surface area contributed by atoms with E-state index in [4.69, 9.17) is 4.74 Å². The van der Waals surface area contributed by atoms with Crippen LogP contribution < -0.4 is 10.6 Å². The van der Waals surface area contributed by atoms with Crippen molar-refractivity contribution >= 4 is 23.8 Å². The fraction of sp³-hybridized carbons (Fsp3) is 0.147. The summed E-state index contributed by atoms with van der Waals surface area (Å²) in [6.07, 6.45) is 4.13. The Morgan fingerprint density at radius 2 is 1.52 bits per heavy atom. The van der Waals surface area contributed by atoms with Gasteiger partial charge in [0.25, 0.3) is 5.91 Å². The highest BCUT2D eigenvalue weighted by Gasteiger charge is 2.30. The van der Waals surface area contributed by atoms with Crippen molar-refractivity contribution in [3.63, 3.8) is 0 Å². The van der Waals surface area contributed by atoms with Crippen molar-refractivity contribution < 1.29 is 24.2 Å². The maximum absolute atomic E-state index is 12.8. The van der Waals surface area contributed by atoms with E-state index in [1.807, 2.05) is 60.7 Å². The molecule has 0 radical (unpaired) electrons. The fourth-order valence-corrected chi connectivity index (χ4v) is 5.51. The minimum Gasteiger partial charge on any atom is -0.480 e. The number of hydrogen-bond acceptors (Lipinski definition) is 6. The van der Waals surface area contributed by atoms with E-state index < -0.39 is 18.1 Å². The molecule has 6 rings (SSSR count). The molecule has 1 atom stereocenters. The highest BCUT2D eigenvalue weighted by atomic mass is 16.5. The van der Waals surface area contributed by atoms with Gasteiger partial charge in [0.1, 0.15) is 12.6 Å². The second-order valence-electron chi connectivity index (χ2n) is 10.5. The smallest absolute Gasteiger partial charge is 0.407 e. The number of pyridine rings is 1. The molecule has 44 heavy (non-hydrogen) atoms. The lowest BCUT2D eigenvalue weighted by molar-refractivity contribution is -0.139. The van der Waals surface area contributed by atoms with Crippen molar-refractivity contribution in [1.82, 2.24) is 20.1 Å². The number of anilines is 1. The summed E-state index contributed by atoms with van der Waals surface area (Å²) in [5, 5.41) is 19.6. The van der Waals surface area contributed by atoms with Crippen LogP contribution in [0.15, 0.2) is 104 Å². The predicted molar refractivity (Wildman–Crippen MR) is 164 cm³/mol. The van der Waals surface area contributed by atoms with Crippen LogP contribution in [0.1, 0.15) is 33.0 Å². The van der Waals surface area contributed by atoms with Crippen LogP contribution in [0.2, 0.25) is 0 Å². The number of aromatic nitrogens is 3. The molecule has 10 heteroatoms. The first-order chi connectivity index (χ1) is 21.4. The largest absolute Gasteiger partial charge is 0.480 e. The number of rotatable bonds is 9. The molecule has 10 nitrogen and oxygen atoms in total. The van der Waals surface area contributed by atoms with E-state index in [0.29, 0.717) is 22.5 Å². The number of carbonyl (C=O) groups is 3. The molecule has 0 bridgehead atoms. The maximum atomic E-state index is 12.8. The van der Waals surface area contributed by atoms with Gasteiger partial charge in [-0.3, -0.25) is 14.5 Å². The van der Waals surface area contributed by atoms with E-state index in [2.05, 4.69) is 20.7 Å². The van der Waals surface area contributed by atoms with Crippen molar-refractivity contribution in [2.45, 2.75) is 18.4 Å². The average molecular weight is 588 g/mol. The van der Waals surface area contributed by atoms with Crippen LogP contribution >= 0.6 is 0 Å². The maximum Gasteiger partial charge on any atom is 0.407 e. The van der Waals surface area contributed by atoms with Crippen LogP contribution in [0.5, 0.6) is 0 Å². The first-order valence-corrected chi connectivity index (χ1v) is 14.1. The molecule has 3 N–H and O–H groups in total. The summed E-state index contributed by atoms with van der Waals surface area (Å²) in [6.45, 7) is 0.0893. The Bertz CT molecular complexity index is 1790. The lowest BCUT2D eigenvalue weighted by atomic mass is 9.98. The number of ether oxygens (including phenoxy) is 1. The first-order valence-electron chi connectivity index (χ1n) is 14.1. The van der Waals surface area contributed by atoms with Gasteiger partial charge in [0.2, 0.25) is 0 Å². The number of carboxylic acid groups (broad SMARTS) is 1. The van der Waals surface area contributed by atoms with Crippen molar-refractivity contribution in [3.8, 4) is 22.3 Å². The number of aliphatic carboxylic acids is 1. The monoisotopic (exact) mass is 587 g/mol. The zero-order valence-electron chi connectivity index (χ0n) is 23.8. The molecule has 2 aromatic heterocycles. The number of carbonyl (C=O) groups excluding carboxylic acids is 2. The summed E-state index contributed by atoms with van der Waals surface area (Å²) >= 11 is 0. The lowest BCUT2D eigenvalue weighted by Crippen LogP contribution is -2.42. The number of nitrogens with one attached hydrogen (secondary N) is 2. The van der Waals surface area contributed by atoms with Gasteiger partial charge in [-0.1, -0.05) is 72.8 Å². The topological polar surface area (TPSA) is 135 Å². The molecular formula is C34H29N5O5. The third kappa shape index (κ3) is 5.91. The number of fused-ring (bicyclic) bond motifs is 3. The van der Waals surface area contributed by atoms with Gasteiger partial charge >= 0.3 is 12.1 Å². The lowest BCUT2D eigenvalue weighted by Gasteiger charge is -2.17. The quantitative estimate of drug-likeness (QED) is 0.214. The Morgan fingerprint density at radius 3 is 2.16 bits per heavy atom. The predicted octanol–water partition coefficient (Wildman–Crippen LogP) is 5.27. The molecular weight excluding hydrogens is 558 g/mol. The third-order valence-electron chi connectivity index (χ3n) is 7.64. The van der Waals surface area contributed by atoms with Crippen LogP contribution in [0.3, 0.4) is 0 Å². The summed E-state index contributed by atoms with van der Waals surface area (Å²) in [5.74, 6) is -1.22. The highest BCUT2D eigenvalue weighted by molar-refractivity contribution is 6.05. The second-order valence-corrected chi connectivity index (χ2v) is 10.5. The Kier molecular flexibility index (Phi) is 7.88. The molecule has 0 unspecified atom stereocenters. The van der Waals surface area contributed by atoms with E-state index in [0.717, 1.165) is 27.8 Å². The summed E-state index contributed by atoms with van der Waals surface area (Å²) in [6, 6.07) is 25.3. The third-order valence-corrected chi connectivity index (χ3v) is 7.64. The fourth-order valence-electron chi connectivity index (χ4n) is 5.51. The molecule has 0 saturated carbocycles. The zero-order valence-corrected chi connectivity index (χ0v) is 23.8. The molecule has 0 spiro atoms. The standard InChI is InChI=1S/C34H29N5O5/c1-39-19-28(31(38-39)37-32(40)23-14-16-35-17-15-23)22-12-10-21(11-13-22)18-30(33(41)42)36-34(43)44-20-29-26-8-4-2-6-24(26)25-7-3-5-9-27(25)29/h2-17,19,29-30H,18,20H2,1H3,(H,36,43)(H,41,42)(H,37,38,40)/t30-/m0/s1.